The van der Waals surface area contributed by atoms with E-state index in [0.717, 1.165) is 0 Å². The van der Waals surface area contributed by atoms with Gasteiger partial charge >= 0.3 is 0 Å². The van der Waals surface area contributed by atoms with Crippen LogP contribution in [0.4, 0.5) is 0 Å². The van der Waals surface area contributed by atoms with Gasteiger partial charge in [-0.05, 0) is 99.5 Å². The Morgan fingerprint density at radius 2 is 0.419 bits per heavy atom. The molecule has 0 nitrogen and oxygen atoms in total. The summed E-state index contributed by atoms with van der Waals surface area (Å²) in [5, 5.41) is 15.1. The molecule has 0 saturated carbocycles. The molecule has 0 atom stereocenters. The number of benzene rings is 9. The molecule has 0 aliphatic carbocycles. The summed E-state index contributed by atoms with van der Waals surface area (Å²) >= 11 is 0. The van der Waals surface area contributed by atoms with Crippen molar-refractivity contribution in [3.8, 4) is 0 Å². The highest BCUT2D eigenvalue weighted by Gasteiger charge is 2.29. The van der Waals surface area contributed by atoms with E-state index in [4.69, 9.17) is 0 Å². The van der Waals surface area contributed by atoms with Crippen LogP contribution in [0.25, 0.3) is 64.6 Å². The Bertz CT molecular complexity index is 2070. The normalized spacial score (nSPS) is 11.9. The molecule has 0 aromatic heterocycles. The van der Waals surface area contributed by atoms with Crippen LogP contribution >= 0.6 is 0 Å². The zero-order valence-corrected chi connectivity index (χ0v) is 23.6. The van der Waals surface area contributed by atoms with Gasteiger partial charge in [0.2, 0.25) is 0 Å². The van der Waals surface area contributed by atoms with Gasteiger partial charge in [0.1, 0.15) is 0 Å². The van der Waals surface area contributed by atoms with Crippen LogP contribution in [0.15, 0.2) is 164 Å². The molecule has 199 valence electrons. The van der Waals surface area contributed by atoms with E-state index in [1.807, 2.05) is 0 Å². The van der Waals surface area contributed by atoms with Crippen molar-refractivity contribution in [2.45, 2.75) is 0 Å². The minimum atomic E-state index is 1.25. The van der Waals surface area contributed by atoms with Gasteiger partial charge in [0.15, 0.2) is 0 Å². The molecule has 9 aromatic carbocycles. The molecule has 0 aliphatic heterocycles. The lowest BCUT2D eigenvalue weighted by molar-refractivity contribution is 1.34. The van der Waals surface area contributed by atoms with E-state index in [0.29, 0.717) is 0 Å². The van der Waals surface area contributed by atoms with E-state index in [-0.39, 0.29) is 0 Å². The molecule has 9 rings (SSSR count). The van der Waals surface area contributed by atoms with Crippen LogP contribution in [0.3, 0.4) is 0 Å². The topological polar surface area (TPSA) is 0 Å². The molecule has 0 spiro atoms. The van der Waals surface area contributed by atoms with Crippen LogP contribution in [0, 0.1) is 5.92 Å². The molecule has 0 saturated heterocycles. The zero-order valence-electron chi connectivity index (χ0n) is 23.6. The third-order valence-corrected chi connectivity index (χ3v) is 9.06. The average Bonchev–Trinajstić information content (AvgIpc) is 3.07. The third kappa shape index (κ3) is 3.70. The molecule has 1 radical (unpaired) electrons. The third-order valence-electron chi connectivity index (χ3n) is 9.06. The fourth-order valence-electron chi connectivity index (χ4n) is 7.22. The minimum Gasteiger partial charge on any atom is -0.0616 e. The smallest absolute Gasteiger partial charge is 0.0616 e. The van der Waals surface area contributed by atoms with Gasteiger partial charge in [-0.2, -0.15) is 0 Å². The Morgan fingerprint density at radius 1 is 0.233 bits per heavy atom. The molecule has 0 heteroatoms. The van der Waals surface area contributed by atoms with E-state index in [9.17, 15) is 0 Å². The van der Waals surface area contributed by atoms with E-state index >= 15 is 0 Å². The summed E-state index contributed by atoms with van der Waals surface area (Å²) in [5.74, 6) is 1.29. The van der Waals surface area contributed by atoms with Crippen molar-refractivity contribution in [2.75, 3.05) is 0 Å². The SMILES string of the molecule is c1ccc2c([C](c3c4ccccc4cc4ccccc34)c3c4ccccc4cc4ccccc34)c3ccccc3cc2c1. The fourth-order valence-corrected chi connectivity index (χ4v) is 7.22. The predicted octanol–water partition coefficient (Wildman–Crippen LogP) is 11.6. The van der Waals surface area contributed by atoms with Gasteiger partial charge in [-0.15, -0.1) is 0 Å². The highest BCUT2D eigenvalue weighted by molar-refractivity contribution is 6.15. The molecule has 9 aromatic rings. The molecule has 0 aliphatic rings. The number of hydrogen-bond acceptors (Lipinski definition) is 0. The summed E-state index contributed by atoms with van der Waals surface area (Å²) < 4.78 is 0. The van der Waals surface area contributed by atoms with Gasteiger partial charge in [-0.1, -0.05) is 146 Å². The summed E-state index contributed by atoms with van der Waals surface area (Å²) in [7, 11) is 0. The highest BCUT2D eigenvalue weighted by atomic mass is 14.3. The van der Waals surface area contributed by atoms with Crippen LogP contribution < -0.4 is 0 Å². The molecular formula is C43H27. The summed E-state index contributed by atoms with van der Waals surface area (Å²) in [4.78, 5) is 0. The Morgan fingerprint density at radius 3 is 0.628 bits per heavy atom. The maximum absolute atomic E-state index is 2.34. The summed E-state index contributed by atoms with van der Waals surface area (Å²) in [5.41, 5.74) is 3.87. The van der Waals surface area contributed by atoms with Gasteiger partial charge < -0.3 is 0 Å². The first-order valence-electron chi connectivity index (χ1n) is 14.9. The molecule has 0 heterocycles. The van der Waals surface area contributed by atoms with Gasteiger partial charge in [-0.3, -0.25) is 0 Å². The van der Waals surface area contributed by atoms with Crippen molar-refractivity contribution in [1.82, 2.24) is 0 Å². The standard InChI is InChI=1S/C43H27/c1-7-19-34-28(13-1)25-29-14-2-8-20-35(29)40(34)43(41-36-21-9-3-15-30(36)26-31-16-4-10-22-37(31)41)42-38-23-11-5-17-32(38)27-33-18-6-12-24-39(33)42/h1-27H. The Kier molecular flexibility index (Phi) is 5.36. The molecule has 43 heavy (non-hydrogen) atoms. The second-order valence-electron chi connectivity index (χ2n) is 11.5. The Labute approximate surface area is 250 Å². The van der Waals surface area contributed by atoms with Gasteiger partial charge in [0.05, 0.1) is 5.92 Å². The van der Waals surface area contributed by atoms with Crippen LogP contribution in [0.2, 0.25) is 0 Å². The molecule has 0 fully saturated rings. The van der Waals surface area contributed by atoms with E-state index < -0.39 is 0 Å². The van der Waals surface area contributed by atoms with E-state index in [1.54, 1.807) is 0 Å². The first-order valence-corrected chi connectivity index (χ1v) is 14.9. The lowest BCUT2D eigenvalue weighted by Crippen LogP contribution is -2.10. The quantitative estimate of drug-likeness (QED) is 0.154. The lowest BCUT2D eigenvalue weighted by Gasteiger charge is -2.27. The van der Waals surface area contributed by atoms with Crippen molar-refractivity contribution in [2.24, 2.45) is 0 Å². The van der Waals surface area contributed by atoms with Gasteiger partial charge in [0, 0.05) is 0 Å². The molecule has 0 N–H and O–H groups in total. The maximum atomic E-state index is 2.34. The van der Waals surface area contributed by atoms with Crippen LogP contribution in [-0.4, -0.2) is 0 Å². The van der Waals surface area contributed by atoms with Crippen molar-refractivity contribution < 1.29 is 0 Å². The molecular weight excluding hydrogens is 516 g/mol. The number of rotatable bonds is 3. The second-order valence-corrected chi connectivity index (χ2v) is 11.5. The van der Waals surface area contributed by atoms with Crippen molar-refractivity contribution in [3.63, 3.8) is 0 Å². The minimum absolute atomic E-state index is 1.25. The van der Waals surface area contributed by atoms with Gasteiger partial charge in [0.25, 0.3) is 0 Å². The monoisotopic (exact) mass is 543 g/mol. The van der Waals surface area contributed by atoms with E-state index in [2.05, 4.69) is 164 Å². The van der Waals surface area contributed by atoms with Crippen molar-refractivity contribution in [3.05, 3.63) is 186 Å². The average molecular weight is 544 g/mol. The summed E-state index contributed by atoms with van der Waals surface area (Å²) in [6, 6.07) is 60.4. The second kappa shape index (κ2) is 9.54. The molecule has 0 unspecified atom stereocenters. The van der Waals surface area contributed by atoms with Crippen LogP contribution in [-0.2, 0) is 0 Å². The number of fused-ring (bicyclic) bond motifs is 6. The molecule has 0 amide bonds. The summed E-state index contributed by atoms with van der Waals surface area (Å²) in [6.45, 7) is 0. The Balaban J connectivity index is 1.60. The Hall–Kier alpha value is -5.46. The van der Waals surface area contributed by atoms with Crippen LogP contribution in [0.5, 0.6) is 0 Å². The van der Waals surface area contributed by atoms with Crippen molar-refractivity contribution in [1.29, 1.82) is 0 Å². The maximum Gasteiger partial charge on any atom is 0.0667 e. The number of hydrogen-bond donors (Lipinski definition) is 0. The molecule has 0 bridgehead atoms. The van der Waals surface area contributed by atoms with E-state index in [1.165, 1.54) is 87.2 Å². The highest BCUT2D eigenvalue weighted by Crippen LogP contribution is 2.48. The predicted molar refractivity (Wildman–Crippen MR) is 185 cm³/mol. The first kappa shape index (κ1) is 24.2. The largest absolute Gasteiger partial charge is 0.0667 e. The fraction of sp³-hybridized carbons (Fsp3) is 0. The van der Waals surface area contributed by atoms with Crippen LogP contribution in [0.1, 0.15) is 16.7 Å². The van der Waals surface area contributed by atoms with Crippen molar-refractivity contribution >= 4 is 64.6 Å². The lowest BCUT2D eigenvalue weighted by atomic mass is 9.74. The summed E-state index contributed by atoms with van der Waals surface area (Å²) in [6.07, 6.45) is 0. The zero-order chi connectivity index (χ0) is 28.3. The van der Waals surface area contributed by atoms with Gasteiger partial charge in [-0.25, -0.2) is 0 Å². The first-order chi connectivity index (χ1) is 21.3.